The van der Waals surface area contributed by atoms with Crippen LogP contribution in [0.4, 0.5) is 0 Å². The summed E-state index contributed by atoms with van der Waals surface area (Å²) in [6.45, 7) is 5.26. The van der Waals surface area contributed by atoms with Gasteiger partial charge in [-0.15, -0.1) is 0 Å². The summed E-state index contributed by atoms with van der Waals surface area (Å²) in [5.74, 6) is 2.91. The minimum atomic E-state index is 0.139. The Bertz CT molecular complexity index is 304. The van der Waals surface area contributed by atoms with E-state index in [9.17, 15) is 0 Å². The topological polar surface area (TPSA) is 9.23 Å². The monoisotopic (exact) mass is 222 g/mol. The predicted molar refractivity (Wildman–Crippen MR) is 66.1 cm³/mol. The average molecular weight is 222 g/mol. The van der Waals surface area contributed by atoms with E-state index in [0.29, 0.717) is 5.92 Å². The van der Waals surface area contributed by atoms with Crippen molar-refractivity contribution in [2.45, 2.75) is 26.1 Å². The van der Waals surface area contributed by atoms with Gasteiger partial charge in [0, 0.05) is 11.5 Å². The Labute approximate surface area is 96.2 Å². The van der Waals surface area contributed by atoms with Gasteiger partial charge in [-0.3, -0.25) is 0 Å². The second-order valence-electron chi connectivity index (χ2n) is 4.49. The molecule has 0 N–H and O–H groups in total. The average Bonchev–Trinajstić information content (AvgIpc) is 2.17. The maximum Gasteiger partial charge on any atom is 0.0889 e. The maximum atomic E-state index is 6.09. The molecule has 1 nitrogen and oxygen atoms in total. The molecule has 0 atom stereocenters. The third kappa shape index (κ3) is 2.37. The van der Waals surface area contributed by atoms with Crippen LogP contribution in [0, 0.1) is 5.92 Å². The van der Waals surface area contributed by atoms with Crippen molar-refractivity contribution in [2.24, 2.45) is 5.92 Å². The third-order valence-electron chi connectivity index (χ3n) is 3.11. The highest BCUT2D eigenvalue weighted by molar-refractivity contribution is 8.00. The Kier molecular flexibility index (Phi) is 3.37. The van der Waals surface area contributed by atoms with Crippen LogP contribution >= 0.6 is 11.8 Å². The standard InChI is InChI=1S/C13H18OS/c1-11(2)13(9-15-10-13)14-8-12-6-4-3-5-7-12/h3-7,11H,8-10H2,1-2H3. The van der Waals surface area contributed by atoms with Gasteiger partial charge in [0.1, 0.15) is 0 Å². The largest absolute Gasteiger partial charge is 0.368 e. The molecule has 2 rings (SSSR count). The van der Waals surface area contributed by atoms with Gasteiger partial charge in [-0.25, -0.2) is 0 Å². The van der Waals surface area contributed by atoms with Crippen molar-refractivity contribution in [2.75, 3.05) is 11.5 Å². The van der Waals surface area contributed by atoms with Crippen LogP contribution < -0.4 is 0 Å². The third-order valence-corrected chi connectivity index (χ3v) is 4.50. The van der Waals surface area contributed by atoms with Crippen molar-refractivity contribution in [1.29, 1.82) is 0 Å². The Morgan fingerprint density at radius 1 is 1.27 bits per heavy atom. The molecule has 15 heavy (non-hydrogen) atoms. The van der Waals surface area contributed by atoms with Crippen LogP contribution in [-0.2, 0) is 11.3 Å². The first-order chi connectivity index (χ1) is 7.23. The zero-order valence-corrected chi connectivity index (χ0v) is 10.2. The first kappa shape index (κ1) is 11.0. The van der Waals surface area contributed by atoms with E-state index in [1.807, 2.05) is 17.8 Å². The molecule has 2 heteroatoms. The predicted octanol–water partition coefficient (Wildman–Crippen LogP) is 3.34. The molecule has 1 fully saturated rings. The zero-order valence-electron chi connectivity index (χ0n) is 9.40. The van der Waals surface area contributed by atoms with Crippen molar-refractivity contribution < 1.29 is 4.74 Å². The lowest BCUT2D eigenvalue weighted by molar-refractivity contribution is -0.0617. The fraction of sp³-hybridized carbons (Fsp3) is 0.538. The summed E-state index contributed by atoms with van der Waals surface area (Å²) in [7, 11) is 0. The molecule has 0 saturated carbocycles. The molecule has 0 aliphatic carbocycles. The van der Waals surface area contributed by atoms with Gasteiger partial charge in [-0.05, 0) is 11.5 Å². The van der Waals surface area contributed by atoms with Crippen LogP contribution in [0.1, 0.15) is 19.4 Å². The molecule has 1 aromatic carbocycles. The van der Waals surface area contributed by atoms with Gasteiger partial charge >= 0.3 is 0 Å². The highest BCUT2D eigenvalue weighted by atomic mass is 32.2. The number of ether oxygens (including phenoxy) is 1. The lowest BCUT2D eigenvalue weighted by atomic mass is 9.93. The summed E-state index contributed by atoms with van der Waals surface area (Å²) in [6, 6.07) is 10.4. The Morgan fingerprint density at radius 2 is 1.93 bits per heavy atom. The van der Waals surface area contributed by atoms with Crippen molar-refractivity contribution in [1.82, 2.24) is 0 Å². The molecule has 1 aromatic rings. The van der Waals surface area contributed by atoms with Gasteiger partial charge in [0.25, 0.3) is 0 Å². The molecule has 1 aliphatic heterocycles. The van der Waals surface area contributed by atoms with Crippen LogP contribution in [0.5, 0.6) is 0 Å². The van der Waals surface area contributed by atoms with Crippen molar-refractivity contribution in [3.63, 3.8) is 0 Å². The summed E-state index contributed by atoms with van der Waals surface area (Å²) in [5.41, 5.74) is 1.41. The Morgan fingerprint density at radius 3 is 2.40 bits per heavy atom. The molecular formula is C13H18OS. The fourth-order valence-electron chi connectivity index (χ4n) is 1.69. The minimum Gasteiger partial charge on any atom is -0.368 e. The maximum absolute atomic E-state index is 6.09. The van der Waals surface area contributed by atoms with Gasteiger partial charge in [-0.1, -0.05) is 44.2 Å². The molecule has 0 spiro atoms. The first-order valence-corrected chi connectivity index (χ1v) is 6.64. The molecule has 1 saturated heterocycles. The van der Waals surface area contributed by atoms with E-state index >= 15 is 0 Å². The second kappa shape index (κ2) is 4.58. The molecular weight excluding hydrogens is 204 g/mol. The number of hydrogen-bond acceptors (Lipinski definition) is 2. The van der Waals surface area contributed by atoms with Crippen LogP contribution in [0.15, 0.2) is 30.3 Å². The molecule has 82 valence electrons. The lowest BCUT2D eigenvalue weighted by Gasteiger charge is -2.44. The van der Waals surface area contributed by atoms with E-state index in [1.165, 1.54) is 5.56 Å². The normalized spacial score (nSPS) is 18.9. The SMILES string of the molecule is CC(C)C1(OCc2ccccc2)CSC1. The van der Waals surface area contributed by atoms with E-state index in [1.54, 1.807) is 0 Å². The van der Waals surface area contributed by atoms with E-state index in [0.717, 1.165) is 18.1 Å². The fourth-order valence-corrected chi connectivity index (χ4v) is 3.13. The van der Waals surface area contributed by atoms with E-state index in [4.69, 9.17) is 4.74 Å². The lowest BCUT2D eigenvalue weighted by Crippen LogP contribution is -2.50. The number of rotatable bonds is 4. The molecule has 1 heterocycles. The van der Waals surface area contributed by atoms with Crippen molar-refractivity contribution in [3.05, 3.63) is 35.9 Å². The minimum absolute atomic E-state index is 0.139. The number of benzene rings is 1. The molecule has 0 unspecified atom stereocenters. The van der Waals surface area contributed by atoms with Crippen molar-refractivity contribution in [3.8, 4) is 0 Å². The summed E-state index contributed by atoms with van der Waals surface area (Å²) >= 11 is 1.98. The molecule has 0 amide bonds. The number of thioether (sulfide) groups is 1. The second-order valence-corrected chi connectivity index (χ2v) is 5.47. The quantitative estimate of drug-likeness (QED) is 0.772. The Balaban J connectivity index is 1.92. The molecule has 0 bridgehead atoms. The van der Waals surface area contributed by atoms with Gasteiger partial charge < -0.3 is 4.74 Å². The molecule has 1 aliphatic rings. The Hall–Kier alpha value is -0.470. The first-order valence-electron chi connectivity index (χ1n) is 5.48. The zero-order chi connectivity index (χ0) is 10.7. The highest BCUT2D eigenvalue weighted by Gasteiger charge is 2.41. The van der Waals surface area contributed by atoms with Crippen LogP contribution in [0.25, 0.3) is 0 Å². The van der Waals surface area contributed by atoms with Crippen LogP contribution in [0.2, 0.25) is 0 Å². The highest BCUT2D eigenvalue weighted by Crippen LogP contribution is 2.39. The van der Waals surface area contributed by atoms with E-state index in [-0.39, 0.29) is 5.60 Å². The van der Waals surface area contributed by atoms with Gasteiger partial charge in [0.15, 0.2) is 0 Å². The summed E-state index contributed by atoms with van der Waals surface area (Å²) < 4.78 is 6.09. The smallest absolute Gasteiger partial charge is 0.0889 e. The molecule has 0 aromatic heterocycles. The summed E-state index contributed by atoms with van der Waals surface area (Å²) in [6.07, 6.45) is 0. The van der Waals surface area contributed by atoms with E-state index in [2.05, 4.69) is 38.1 Å². The van der Waals surface area contributed by atoms with Crippen LogP contribution in [-0.4, -0.2) is 17.1 Å². The van der Waals surface area contributed by atoms with Gasteiger partial charge in [-0.2, -0.15) is 11.8 Å². The number of hydrogen-bond donors (Lipinski definition) is 0. The van der Waals surface area contributed by atoms with E-state index < -0.39 is 0 Å². The van der Waals surface area contributed by atoms with Gasteiger partial charge in [0.05, 0.1) is 12.2 Å². The summed E-state index contributed by atoms with van der Waals surface area (Å²) in [5, 5.41) is 0. The van der Waals surface area contributed by atoms with Gasteiger partial charge in [0.2, 0.25) is 0 Å². The van der Waals surface area contributed by atoms with Crippen molar-refractivity contribution >= 4 is 11.8 Å². The van der Waals surface area contributed by atoms with Crippen LogP contribution in [0.3, 0.4) is 0 Å². The molecule has 0 radical (unpaired) electrons. The summed E-state index contributed by atoms with van der Waals surface area (Å²) in [4.78, 5) is 0.